The highest BCUT2D eigenvalue weighted by atomic mass is 16.4. The first kappa shape index (κ1) is 19.5. The normalized spacial score (nSPS) is 21.6. The van der Waals surface area contributed by atoms with E-state index >= 15 is 0 Å². The van der Waals surface area contributed by atoms with Crippen molar-refractivity contribution in [2.24, 2.45) is 5.92 Å². The molecule has 3 aliphatic heterocycles. The van der Waals surface area contributed by atoms with Gasteiger partial charge in [0.1, 0.15) is 11.4 Å². The molecule has 7 nitrogen and oxygen atoms in total. The van der Waals surface area contributed by atoms with E-state index in [4.69, 9.17) is 5.11 Å². The lowest BCUT2D eigenvalue weighted by Crippen LogP contribution is -2.29. The summed E-state index contributed by atoms with van der Waals surface area (Å²) in [5.41, 5.74) is 1.89. The van der Waals surface area contributed by atoms with Crippen LogP contribution in [0.4, 0.5) is 0 Å². The van der Waals surface area contributed by atoms with Crippen LogP contribution in [0.2, 0.25) is 0 Å². The third kappa shape index (κ3) is 4.70. The fourth-order valence-electron chi connectivity index (χ4n) is 3.23. The van der Waals surface area contributed by atoms with E-state index in [1.54, 1.807) is 0 Å². The van der Waals surface area contributed by atoms with Gasteiger partial charge < -0.3 is 19.8 Å². The summed E-state index contributed by atoms with van der Waals surface area (Å²) < 4.78 is 0. The van der Waals surface area contributed by atoms with Gasteiger partial charge in [-0.1, -0.05) is 26.7 Å². The van der Waals surface area contributed by atoms with Crippen molar-refractivity contribution in [3.8, 4) is 0 Å². The number of carbonyl (C=O) groups excluding carboxylic acids is 2. The molecule has 3 saturated heterocycles. The molecule has 4 aliphatic rings. The molecular weight excluding hydrogens is 346 g/mol. The second-order valence-corrected chi connectivity index (χ2v) is 7.47. The number of hydrogen-bond acceptors (Lipinski definition) is 6. The van der Waals surface area contributed by atoms with Crippen molar-refractivity contribution >= 4 is 17.5 Å². The molecule has 3 heterocycles. The van der Waals surface area contributed by atoms with E-state index in [-0.39, 0.29) is 17.5 Å². The number of ketones is 2. The number of rotatable bonds is 8. The largest absolute Gasteiger partial charge is 0.481 e. The lowest BCUT2D eigenvalue weighted by Gasteiger charge is -2.21. The maximum Gasteiger partial charge on any atom is 0.306 e. The van der Waals surface area contributed by atoms with Crippen molar-refractivity contribution in [3.63, 3.8) is 0 Å². The Hall–Kier alpha value is -2.31. The molecule has 1 atom stereocenters. The summed E-state index contributed by atoms with van der Waals surface area (Å²) in [6.45, 7) is 9.41. The third-order valence-corrected chi connectivity index (χ3v) is 5.24. The predicted octanol–water partition coefficient (Wildman–Crippen LogP) is 1.47. The van der Waals surface area contributed by atoms with E-state index in [0.717, 1.165) is 65.0 Å². The van der Waals surface area contributed by atoms with Gasteiger partial charge in [0.25, 0.3) is 0 Å². The SMILES string of the molecule is CCCCC(CC)C(=O)O.O=C1C=C(N2CC2)C(=O)C(N2CC2)=C1N1CC1. The molecular formula is C20H29N3O4. The zero-order valence-corrected chi connectivity index (χ0v) is 16.2. The van der Waals surface area contributed by atoms with Gasteiger partial charge in [0.15, 0.2) is 0 Å². The Morgan fingerprint density at radius 1 is 1.00 bits per heavy atom. The molecule has 148 valence electrons. The lowest BCUT2D eigenvalue weighted by molar-refractivity contribution is -0.142. The molecule has 4 rings (SSSR count). The van der Waals surface area contributed by atoms with Gasteiger partial charge >= 0.3 is 5.97 Å². The summed E-state index contributed by atoms with van der Waals surface area (Å²) in [5.74, 6) is -0.705. The van der Waals surface area contributed by atoms with Gasteiger partial charge in [-0.2, -0.15) is 0 Å². The highest BCUT2D eigenvalue weighted by molar-refractivity contribution is 6.22. The number of carboxylic acids is 1. The molecule has 3 fully saturated rings. The van der Waals surface area contributed by atoms with Crippen LogP contribution in [0.3, 0.4) is 0 Å². The second kappa shape index (κ2) is 8.15. The molecule has 0 aromatic heterocycles. The molecule has 0 aromatic rings. The number of unbranched alkanes of at least 4 members (excludes halogenated alkanes) is 1. The highest BCUT2D eigenvalue weighted by Gasteiger charge is 2.43. The lowest BCUT2D eigenvalue weighted by atomic mass is 10.00. The van der Waals surface area contributed by atoms with Crippen LogP contribution in [0, 0.1) is 5.92 Å². The van der Waals surface area contributed by atoms with Crippen molar-refractivity contribution in [1.82, 2.24) is 14.7 Å². The Bertz CT molecular complexity index is 685. The third-order valence-electron chi connectivity index (χ3n) is 5.24. The predicted molar refractivity (Wildman–Crippen MR) is 101 cm³/mol. The van der Waals surface area contributed by atoms with Gasteiger partial charge in [0.05, 0.1) is 11.6 Å². The minimum Gasteiger partial charge on any atom is -0.481 e. The number of Topliss-reactive ketones (excluding diaryl/α,β-unsaturated/α-hetero) is 1. The van der Waals surface area contributed by atoms with Crippen LogP contribution < -0.4 is 0 Å². The number of aliphatic carboxylic acids is 1. The molecule has 0 radical (unpaired) electrons. The van der Waals surface area contributed by atoms with Gasteiger partial charge in [-0.15, -0.1) is 0 Å². The first-order valence-electron chi connectivity index (χ1n) is 10.0. The number of carbonyl (C=O) groups is 3. The molecule has 0 spiro atoms. The summed E-state index contributed by atoms with van der Waals surface area (Å²) >= 11 is 0. The minimum absolute atomic E-state index is 0.00546. The fourth-order valence-corrected chi connectivity index (χ4v) is 3.23. The molecule has 27 heavy (non-hydrogen) atoms. The summed E-state index contributed by atoms with van der Waals surface area (Å²) in [4.78, 5) is 40.9. The zero-order chi connectivity index (χ0) is 19.6. The number of allylic oxidation sites excluding steroid dienone is 1. The molecule has 0 saturated carbocycles. The molecule has 0 bridgehead atoms. The Labute approximate surface area is 160 Å². The monoisotopic (exact) mass is 375 g/mol. The molecule has 1 aliphatic carbocycles. The maximum absolute atomic E-state index is 12.4. The van der Waals surface area contributed by atoms with Crippen LogP contribution in [-0.4, -0.2) is 76.6 Å². The molecule has 0 amide bonds. The average molecular weight is 375 g/mol. The smallest absolute Gasteiger partial charge is 0.306 e. The highest BCUT2D eigenvalue weighted by Crippen LogP contribution is 2.33. The van der Waals surface area contributed by atoms with Crippen molar-refractivity contribution in [2.45, 2.75) is 39.5 Å². The van der Waals surface area contributed by atoms with E-state index in [1.165, 1.54) is 6.08 Å². The van der Waals surface area contributed by atoms with Gasteiger partial charge in [-0.05, 0) is 12.8 Å². The van der Waals surface area contributed by atoms with E-state index in [9.17, 15) is 14.4 Å². The summed E-state index contributed by atoms with van der Waals surface area (Å²) in [7, 11) is 0. The van der Waals surface area contributed by atoms with Gasteiger partial charge in [0.2, 0.25) is 11.6 Å². The number of nitrogens with zero attached hydrogens (tertiary/aromatic N) is 3. The van der Waals surface area contributed by atoms with Crippen molar-refractivity contribution in [2.75, 3.05) is 39.3 Å². The van der Waals surface area contributed by atoms with Gasteiger partial charge in [0, 0.05) is 45.3 Å². The molecule has 7 heteroatoms. The summed E-state index contributed by atoms with van der Waals surface area (Å²) in [5, 5.41) is 8.60. The van der Waals surface area contributed by atoms with E-state index in [2.05, 4.69) is 6.92 Å². The average Bonchev–Trinajstić information content (AvgIpc) is 3.49. The van der Waals surface area contributed by atoms with Crippen molar-refractivity contribution in [3.05, 3.63) is 23.2 Å². The Kier molecular flexibility index (Phi) is 5.87. The van der Waals surface area contributed by atoms with Crippen LogP contribution in [0.25, 0.3) is 0 Å². The van der Waals surface area contributed by atoms with E-state index in [1.807, 2.05) is 21.6 Å². The van der Waals surface area contributed by atoms with Gasteiger partial charge in [-0.3, -0.25) is 14.4 Å². The van der Waals surface area contributed by atoms with Crippen LogP contribution in [0.5, 0.6) is 0 Å². The van der Waals surface area contributed by atoms with Gasteiger partial charge in [-0.25, -0.2) is 0 Å². The molecule has 0 aromatic carbocycles. The van der Waals surface area contributed by atoms with Crippen LogP contribution in [0.15, 0.2) is 23.2 Å². The molecule has 1 N–H and O–H groups in total. The van der Waals surface area contributed by atoms with Crippen LogP contribution >= 0.6 is 0 Å². The van der Waals surface area contributed by atoms with Crippen molar-refractivity contribution < 1.29 is 19.5 Å². The topological polar surface area (TPSA) is 80.5 Å². The van der Waals surface area contributed by atoms with Crippen molar-refractivity contribution in [1.29, 1.82) is 0 Å². The maximum atomic E-state index is 12.4. The zero-order valence-electron chi connectivity index (χ0n) is 16.2. The number of hydrogen-bond donors (Lipinski definition) is 1. The Morgan fingerprint density at radius 2 is 1.56 bits per heavy atom. The van der Waals surface area contributed by atoms with E-state index in [0.29, 0.717) is 17.1 Å². The first-order chi connectivity index (χ1) is 13.0. The van der Waals surface area contributed by atoms with Crippen LogP contribution in [-0.2, 0) is 14.4 Å². The number of carboxylic acid groups (broad SMARTS) is 1. The second-order valence-electron chi connectivity index (χ2n) is 7.47. The minimum atomic E-state index is -0.643. The summed E-state index contributed by atoms with van der Waals surface area (Å²) in [6, 6.07) is 0. The summed E-state index contributed by atoms with van der Waals surface area (Å²) in [6.07, 6.45) is 5.24. The Morgan fingerprint density at radius 3 is 2.00 bits per heavy atom. The fraction of sp³-hybridized carbons (Fsp3) is 0.650. The quantitative estimate of drug-likeness (QED) is 0.508. The van der Waals surface area contributed by atoms with Crippen LogP contribution in [0.1, 0.15) is 39.5 Å². The van der Waals surface area contributed by atoms with E-state index < -0.39 is 5.97 Å². The standard InChI is InChI=1S/C12H13N3O2.C8H16O2/c16-9-7-8(13-1-2-13)12(17)11(15-5-6-15)10(9)14-3-4-14;1-3-5-6-7(4-2)8(9)10/h7H,1-6H2;7H,3-6H2,1-2H3,(H,9,10). The molecule has 1 unspecified atom stereocenters. The Balaban J connectivity index is 0.000000183. The first-order valence-corrected chi connectivity index (χ1v) is 10.0.